The summed E-state index contributed by atoms with van der Waals surface area (Å²) in [6.07, 6.45) is 0. The minimum atomic E-state index is -4.61. The summed E-state index contributed by atoms with van der Waals surface area (Å²) < 4.78 is 68.2. The zero-order valence-electron chi connectivity index (χ0n) is 7.23. The lowest BCUT2D eigenvalue weighted by Crippen LogP contribution is -2.76. The topological polar surface area (TPSA) is 0 Å². The van der Waals surface area contributed by atoms with E-state index >= 15 is 0 Å². The van der Waals surface area contributed by atoms with Gasteiger partial charge in [-0.1, -0.05) is 58.0 Å². The van der Waals surface area contributed by atoms with E-state index in [9.17, 15) is 22.0 Å². The minimum Gasteiger partial charge on any atom is -0.219 e. The Kier molecular flexibility index (Phi) is 3.82. The van der Waals surface area contributed by atoms with Crippen LogP contribution in [0.1, 0.15) is 0 Å². The Morgan fingerprint density at radius 2 is 0.824 bits per heavy atom. The Hall–Kier alpha value is 1.39. The number of rotatable bonds is 0. The van der Waals surface area contributed by atoms with Crippen LogP contribution in [0.25, 0.3) is 0 Å². The summed E-state index contributed by atoms with van der Waals surface area (Å²) in [6.45, 7) is 0. The van der Waals surface area contributed by atoms with E-state index in [4.69, 9.17) is 69.6 Å². The van der Waals surface area contributed by atoms with Gasteiger partial charge in [0.25, 0.3) is 25.6 Å². The van der Waals surface area contributed by atoms with E-state index in [1.807, 2.05) is 0 Å². The summed E-state index contributed by atoms with van der Waals surface area (Å²) in [4.78, 5) is 0. The molecule has 4 atom stereocenters. The normalized spacial score (nSPS) is 64.8. The van der Waals surface area contributed by atoms with Gasteiger partial charge in [-0.15, -0.1) is 11.6 Å². The quantitative estimate of drug-likeness (QED) is 0.403. The lowest BCUT2D eigenvalue weighted by atomic mass is 9.88. The monoisotopic (exact) mass is 378 g/mol. The van der Waals surface area contributed by atoms with Gasteiger partial charge >= 0.3 is 0 Å². The Morgan fingerprint density at radius 1 is 0.588 bits per heavy atom. The fourth-order valence-electron chi connectivity index (χ4n) is 1.16. The molecule has 0 aromatic rings. The maximum atomic E-state index is 13.6. The Morgan fingerprint density at radius 3 is 1.06 bits per heavy atom. The average molecular weight is 381 g/mol. The van der Waals surface area contributed by atoms with E-state index in [1.54, 1.807) is 0 Å². The van der Waals surface area contributed by atoms with Crippen molar-refractivity contribution in [2.45, 2.75) is 31.0 Å². The number of alkyl halides is 11. The molecule has 0 bridgehead atoms. The van der Waals surface area contributed by atoms with Gasteiger partial charge in [-0.3, -0.25) is 0 Å². The van der Waals surface area contributed by atoms with E-state index in [-0.39, 0.29) is 0 Å². The highest BCUT2D eigenvalue weighted by Gasteiger charge is 2.88. The van der Waals surface area contributed by atoms with Gasteiger partial charge in [0.15, 0.2) is 0 Å². The Balaban J connectivity index is 3.56. The molecule has 0 aromatic carbocycles. The summed E-state index contributed by atoms with van der Waals surface area (Å²) in [7, 11) is 0. The van der Waals surface area contributed by atoms with Crippen LogP contribution < -0.4 is 0 Å². The second kappa shape index (κ2) is 3.95. The molecular weight excluding hydrogens is 380 g/mol. The smallest absolute Gasteiger partial charge is 0.219 e. The molecule has 4 unspecified atom stereocenters. The van der Waals surface area contributed by atoms with Crippen LogP contribution in [0, 0.1) is 0 Å². The predicted molar refractivity (Wildman–Crippen MR) is 58.1 cm³/mol. The molecule has 1 aliphatic carbocycles. The first-order valence-corrected chi connectivity index (χ1v) is 6.01. The molecule has 0 heterocycles. The molecule has 0 spiro atoms. The van der Waals surface area contributed by atoms with E-state index < -0.39 is 31.0 Å². The molecule has 17 heavy (non-hydrogen) atoms. The SMILES string of the molecule is FC1(Cl)C(Cl)C(F)(Cl)C(F)(Cl)C(F)(Cl)C1(F)Cl. The highest BCUT2D eigenvalue weighted by molar-refractivity contribution is 6.49. The fraction of sp³-hybridized carbons (Fsp3) is 1.00. The second-order valence-electron chi connectivity index (χ2n) is 3.33. The first-order chi connectivity index (χ1) is 7.15. The zero-order valence-corrected chi connectivity index (χ0v) is 11.8. The lowest BCUT2D eigenvalue weighted by Gasteiger charge is -2.52. The van der Waals surface area contributed by atoms with Crippen molar-refractivity contribution in [1.82, 2.24) is 0 Å². The molecule has 102 valence electrons. The number of halogens is 11. The first-order valence-electron chi connectivity index (χ1n) is 3.69. The van der Waals surface area contributed by atoms with Crippen molar-refractivity contribution < 1.29 is 22.0 Å². The maximum Gasteiger partial charge on any atom is 0.288 e. The number of hydrogen-bond acceptors (Lipinski definition) is 0. The molecular formula is C6HCl6F5. The predicted octanol–water partition coefficient (Wildman–Crippen LogP) is 5.13. The van der Waals surface area contributed by atoms with Crippen LogP contribution in [-0.2, 0) is 0 Å². The van der Waals surface area contributed by atoms with Crippen LogP contribution in [0.15, 0.2) is 0 Å². The molecule has 1 rings (SSSR count). The Labute approximate surface area is 122 Å². The van der Waals surface area contributed by atoms with E-state index in [1.165, 1.54) is 0 Å². The largest absolute Gasteiger partial charge is 0.288 e. The molecule has 0 amide bonds. The molecule has 0 aromatic heterocycles. The molecule has 11 heteroatoms. The van der Waals surface area contributed by atoms with Crippen molar-refractivity contribution in [2.75, 3.05) is 0 Å². The van der Waals surface area contributed by atoms with Crippen LogP contribution >= 0.6 is 69.6 Å². The Bertz CT molecular complexity index is 310. The van der Waals surface area contributed by atoms with E-state index in [2.05, 4.69) is 0 Å². The van der Waals surface area contributed by atoms with Gasteiger partial charge < -0.3 is 0 Å². The molecule has 0 aliphatic heterocycles. The van der Waals surface area contributed by atoms with Crippen molar-refractivity contribution in [3.63, 3.8) is 0 Å². The lowest BCUT2D eigenvalue weighted by molar-refractivity contribution is -0.141. The average Bonchev–Trinajstić information content (AvgIpc) is 2.13. The maximum absolute atomic E-state index is 13.6. The molecule has 0 saturated heterocycles. The van der Waals surface area contributed by atoms with Crippen molar-refractivity contribution in [2.24, 2.45) is 0 Å². The van der Waals surface area contributed by atoms with Gasteiger partial charge in [0.1, 0.15) is 5.38 Å². The van der Waals surface area contributed by atoms with Crippen LogP contribution in [0.4, 0.5) is 22.0 Å². The molecule has 0 N–H and O–H groups in total. The van der Waals surface area contributed by atoms with E-state index in [0.717, 1.165) is 0 Å². The van der Waals surface area contributed by atoms with Crippen molar-refractivity contribution in [3.05, 3.63) is 0 Å². The van der Waals surface area contributed by atoms with Gasteiger partial charge in [0, 0.05) is 0 Å². The van der Waals surface area contributed by atoms with Crippen LogP contribution in [0.5, 0.6) is 0 Å². The van der Waals surface area contributed by atoms with Crippen molar-refractivity contribution in [3.8, 4) is 0 Å². The summed E-state index contributed by atoms with van der Waals surface area (Å²) in [5.41, 5.74) is 0. The third kappa shape index (κ3) is 1.69. The third-order valence-electron chi connectivity index (χ3n) is 2.26. The standard InChI is InChI=1S/C6HCl6F5/c7-1-2(8,13)4(10,15)6(12,17)5(11,16)3(1,9)14/h1H. The zero-order chi connectivity index (χ0) is 14.1. The van der Waals surface area contributed by atoms with Gasteiger partial charge in [-0.05, 0) is 0 Å². The highest BCUT2D eigenvalue weighted by Crippen LogP contribution is 2.69. The van der Waals surface area contributed by atoms with Gasteiger partial charge in [-0.25, -0.2) is 22.0 Å². The summed E-state index contributed by atoms with van der Waals surface area (Å²) in [5, 5.41) is -24.8. The molecule has 1 fully saturated rings. The van der Waals surface area contributed by atoms with E-state index in [0.29, 0.717) is 0 Å². The fourth-order valence-corrected chi connectivity index (χ4v) is 3.09. The van der Waals surface area contributed by atoms with Crippen molar-refractivity contribution in [1.29, 1.82) is 0 Å². The third-order valence-corrected chi connectivity index (χ3v) is 6.02. The second-order valence-corrected chi connectivity index (χ2v) is 6.43. The van der Waals surface area contributed by atoms with Crippen LogP contribution in [0.2, 0.25) is 0 Å². The van der Waals surface area contributed by atoms with Gasteiger partial charge in [0.2, 0.25) is 0 Å². The minimum absolute atomic E-state index is 2.95. The van der Waals surface area contributed by atoms with Crippen LogP contribution in [-0.4, -0.2) is 31.0 Å². The molecule has 1 saturated carbocycles. The van der Waals surface area contributed by atoms with Crippen LogP contribution in [0.3, 0.4) is 0 Å². The van der Waals surface area contributed by atoms with Crippen molar-refractivity contribution >= 4 is 69.6 Å². The van der Waals surface area contributed by atoms with Gasteiger partial charge in [0.05, 0.1) is 0 Å². The first kappa shape index (κ1) is 16.4. The highest BCUT2D eigenvalue weighted by atomic mass is 35.5. The summed E-state index contributed by atoms with van der Waals surface area (Å²) in [6, 6.07) is 0. The molecule has 0 nitrogen and oxygen atoms in total. The molecule has 0 radical (unpaired) electrons. The summed E-state index contributed by atoms with van der Waals surface area (Å²) in [5.74, 6) is 0. The van der Waals surface area contributed by atoms with Gasteiger partial charge in [-0.2, -0.15) is 0 Å². The number of hydrogen-bond donors (Lipinski definition) is 0. The summed E-state index contributed by atoms with van der Waals surface area (Å²) >= 11 is 28.9. The molecule has 1 aliphatic rings.